The molecular weight excluding hydrogens is 266 g/mol. The molecule has 0 aromatic carbocycles. The maximum absolute atomic E-state index is 12.0. The van der Waals surface area contributed by atoms with Crippen LogP contribution in [0.3, 0.4) is 0 Å². The van der Waals surface area contributed by atoms with Gasteiger partial charge in [-0.2, -0.15) is 0 Å². The predicted octanol–water partition coefficient (Wildman–Crippen LogP) is 1.09. The van der Waals surface area contributed by atoms with E-state index in [0.29, 0.717) is 6.61 Å². The first-order chi connectivity index (χ1) is 10.1. The summed E-state index contributed by atoms with van der Waals surface area (Å²) in [4.78, 5) is 17.2. The van der Waals surface area contributed by atoms with E-state index in [4.69, 9.17) is 4.74 Å². The third-order valence-corrected chi connectivity index (χ3v) is 4.90. The van der Waals surface area contributed by atoms with Gasteiger partial charge in [0.15, 0.2) is 0 Å². The fourth-order valence-corrected chi connectivity index (χ4v) is 3.07. The van der Waals surface area contributed by atoms with E-state index in [2.05, 4.69) is 15.1 Å². The van der Waals surface area contributed by atoms with E-state index < -0.39 is 5.54 Å². The minimum absolute atomic E-state index is 0.133. The molecule has 0 bridgehead atoms. The molecule has 1 N–H and O–H groups in total. The van der Waals surface area contributed by atoms with Gasteiger partial charge in [0.2, 0.25) is 0 Å². The van der Waals surface area contributed by atoms with Crippen LogP contribution >= 0.6 is 0 Å². The average Bonchev–Trinajstić information content (AvgIpc) is 3.32. The number of rotatable bonds is 8. The van der Waals surface area contributed by atoms with Crippen LogP contribution in [0.1, 0.15) is 39.5 Å². The van der Waals surface area contributed by atoms with E-state index in [-0.39, 0.29) is 5.97 Å². The molecule has 1 aliphatic carbocycles. The van der Waals surface area contributed by atoms with E-state index in [0.717, 1.165) is 25.4 Å². The van der Waals surface area contributed by atoms with Crippen LogP contribution in [-0.4, -0.2) is 73.7 Å². The molecule has 5 heteroatoms. The number of nitrogens with one attached hydrogen (secondary N) is 1. The van der Waals surface area contributed by atoms with Gasteiger partial charge in [0, 0.05) is 32.2 Å². The fourth-order valence-electron chi connectivity index (χ4n) is 3.07. The fraction of sp³-hybridized carbons (Fsp3) is 0.938. The van der Waals surface area contributed by atoms with Crippen LogP contribution in [-0.2, 0) is 9.53 Å². The summed E-state index contributed by atoms with van der Waals surface area (Å²) in [6.07, 6.45) is 4.66. The van der Waals surface area contributed by atoms with Crippen molar-refractivity contribution >= 4 is 5.97 Å². The van der Waals surface area contributed by atoms with Crippen LogP contribution in [0.25, 0.3) is 0 Å². The number of carbonyl (C=O) groups excluding carboxylic acids is 1. The minimum atomic E-state index is -0.550. The zero-order valence-corrected chi connectivity index (χ0v) is 13.9. The molecule has 1 heterocycles. The Morgan fingerprint density at radius 1 is 1.29 bits per heavy atom. The van der Waals surface area contributed by atoms with Gasteiger partial charge in [0.1, 0.15) is 5.54 Å². The van der Waals surface area contributed by atoms with Gasteiger partial charge in [0.25, 0.3) is 0 Å². The third-order valence-electron chi connectivity index (χ3n) is 4.90. The van der Waals surface area contributed by atoms with Gasteiger partial charge in [0.05, 0.1) is 6.61 Å². The summed E-state index contributed by atoms with van der Waals surface area (Å²) < 4.78 is 5.17. The predicted molar refractivity (Wildman–Crippen MR) is 84.4 cm³/mol. The van der Waals surface area contributed by atoms with Crippen molar-refractivity contribution in [1.82, 2.24) is 15.1 Å². The highest BCUT2D eigenvalue weighted by atomic mass is 16.5. The molecule has 0 spiro atoms. The van der Waals surface area contributed by atoms with Crippen LogP contribution < -0.4 is 5.32 Å². The van der Waals surface area contributed by atoms with Crippen molar-refractivity contribution in [2.75, 3.05) is 46.4 Å². The highest BCUT2D eigenvalue weighted by Crippen LogP contribution is 2.27. The number of piperazine rings is 1. The highest BCUT2D eigenvalue weighted by molar-refractivity contribution is 5.80. The first kappa shape index (κ1) is 16.7. The van der Waals surface area contributed by atoms with Crippen molar-refractivity contribution in [3.05, 3.63) is 0 Å². The number of esters is 1. The van der Waals surface area contributed by atoms with Crippen LogP contribution in [0.2, 0.25) is 0 Å². The second-order valence-electron chi connectivity index (χ2n) is 6.51. The molecule has 5 nitrogen and oxygen atoms in total. The Morgan fingerprint density at radius 3 is 2.48 bits per heavy atom. The van der Waals surface area contributed by atoms with E-state index in [1.54, 1.807) is 0 Å². The maximum Gasteiger partial charge on any atom is 0.326 e. The lowest BCUT2D eigenvalue weighted by Gasteiger charge is -2.35. The minimum Gasteiger partial charge on any atom is -0.465 e. The molecule has 1 atom stereocenters. The quantitative estimate of drug-likeness (QED) is 0.680. The number of ether oxygens (including phenoxy) is 1. The molecule has 0 radical (unpaired) electrons. The molecule has 2 fully saturated rings. The van der Waals surface area contributed by atoms with Gasteiger partial charge in [-0.3, -0.25) is 9.69 Å². The summed E-state index contributed by atoms with van der Waals surface area (Å²) in [6.45, 7) is 10.1. The van der Waals surface area contributed by atoms with Crippen molar-refractivity contribution in [1.29, 1.82) is 0 Å². The zero-order chi connectivity index (χ0) is 15.3. The summed E-state index contributed by atoms with van der Waals surface area (Å²) in [5.74, 6) is -0.133. The lowest BCUT2D eigenvalue weighted by molar-refractivity contribution is -0.150. The van der Waals surface area contributed by atoms with E-state index >= 15 is 0 Å². The molecule has 1 saturated heterocycles. The zero-order valence-electron chi connectivity index (χ0n) is 13.9. The highest BCUT2D eigenvalue weighted by Gasteiger charge is 2.33. The van der Waals surface area contributed by atoms with Gasteiger partial charge in [-0.1, -0.05) is 0 Å². The molecule has 1 saturated carbocycles. The van der Waals surface area contributed by atoms with Crippen molar-refractivity contribution in [3.63, 3.8) is 0 Å². The number of carbonyl (C=O) groups is 1. The van der Waals surface area contributed by atoms with Gasteiger partial charge in [-0.15, -0.1) is 0 Å². The Morgan fingerprint density at radius 2 is 1.95 bits per heavy atom. The maximum atomic E-state index is 12.0. The molecule has 0 aromatic rings. The molecule has 1 unspecified atom stereocenters. The van der Waals surface area contributed by atoms with Crippen molar-refractivity contribution in [2.24, 2.45) is 0 Å². The van der Waals surface area contributed by atoms with Crippen molar-refractivity contribution in [3.8, 4) is 0 Å². The van der Waals surface area contributed by atoms with Gasteiger partial charge < -0.3 is 15.0 Å². The normalized spacial score (nSPS) is 23.8. The SMILES string of the molecule is CCOC(=O)C(C)(CCCN1CCN(C2CC2)CC1)NC. The standard InChI is InChI=1S/C16H31N3O2/c1-4-21-15(20)16(2,17-3)8-5-9-18-10-12-19(13-11-18)14-6-7-14/h14,17H,4-13H2,1-3H3. The second kappa shape index (κ2) is 7.56. The third kappa shape index (κ3) is 4.66. The first-order valence-corrected chi connectivity index (χ1v) is 8.41. The monoisotopic (exact) mass is 297 g/mol. The Kier molecular flexibility index (Phi) is 6.02. The van der Waals surface area contributed by atoms with Gasteiger partial charge >= 0.3 is 5.97 Å². The Labute approximate surface area is 129 Å². The molecular formula is C16H31N3O2. The Balaban J connectivity index is 1.66. The second-order valence-corrected chi connectivity index (χ2v) is 6.51. The molecule has 0 aromatic heterocycles. The smallest absolute Gasteiger partial charge is 0.326 e. The van der Waals surface area contributed by atoms with Crippen LogP contribution in [0, 0.1) is 0 Å². The number of hydrogen-bond donors (Lipinski definition) is 1. The lowest BCUT2D eigenvalue weighted by Crippen LogP contribution is -2.50. The topological polar surface area (TPSA) is 44.8 Å². The van der Waals surface area contributed by atoms with Crippen molar-refractivity contribution < 1.29 is 9.53 Å². The van der Waals surface area contributed by atoms with E-state index in [9.17, 15) is 4.79 Å². The molecule has 2 rings (SSSR count). The van der Waals surface area contributed by atoms with Crippen LogP contribution in [0.4, 0.5) is 0 Å². The van der Waals surface area contributed by atoms with E-state index in [1.807, 2.05) is 20.9 Å². The van der Waals surface area contributed by atoms with Gasteiger partial charge in [-0.25, -0.2) is 0 Å². The Bertz CT molecular complexity index is 338. The molecule has 0 amide bonds. The number of nitrogens with zero attached hydrogens (tertiary/aromatic N) is 2. The summed E-state index contributed by atoms with van der Waals surface area (Å²) >= 11 is 0. The molecule has 2 aliphatic rings. The lowest BCUT2D eigenvalue weighted by atomic mass is 9.96. The largest absolute Gasteiger partial charge is 0.465 e. The molecule has 122 valence electrons. The van der Waals surface area contributed by atoms with Gasteiger partial charge in [-0.05, 0) is 53.1 Å². The Hall–Kier alpha value is -0.650. The van der Waals surface area contributed by atoms with Crippen molar-refractivity contribution in [2.45, 2.75) is 51.1 Å². The summed E-state index contributed by atoms with van der Waals surface area (Å²) in [7, 11) is 1.84. The average molecular weight is 297 g/mol. The molecule has 21 heavy (non-hydrogen) atoms. The summed E-state index contributed by atoms with van der Waals surface area (Å²) in [5, 5.41) is 3.13. The van der Waals surface area contributed by atoms with E-state index in [1.165, 1.54) is 39.0 Å². The van der Waals surface area contributed by atoms with Crippen LogP contribution in [0.5, 0.6) is 0 Å². The summed E-state index contributed by atoms with van der Waals surface area (Å²) in [6, 6.07) is 0.892. The number of hydrogen-bond acceptors (Lipinski definition) is 5. The summed E-state index contributed by atoms with van der Waals surface area (Å²) in [5.41, 5.74) is -0.550. The first-order valence-electron chi connectivity index (χ1n) is 8.41. The number of likely N-dealkylation sites (N-methyl/N-ethyl adjacent to an activating group) is 1. The van der Waals surface area contributed by atoms with Crippen LogP contribution in [0.15, 0.2) is 0 Å². The molecule has 1 aliphatic heterocycles.